The molecule has 1 rings (SSSR count). The topological polar surface area (TPSA) is 76.2 Å². The van der Waals surface area contributed by atoms with Gasteiger partial charge in [-0.2, -0.15) is 0 Å². The molecule has 0 saturated heterocycles. The molecule has 1 aromatic heterocycles. The lowest BCUT2D eigenvalue weighted by atomic mass is 10.1. The third-order valence-corrected chi connectivity index (χ3v) is 1.62. The number of nitrogens with two attached hydrogens (primary N) is 1. The number of carboxylic acids is 1. The SMILES string of the molecule is CC(C(=O)O)c1ccc(N)cn1. The number of hydrogen-bond donors (Lipinski definition) is 2. The first-order chi connectivity index (χ1) is 5.61. The average Bonchev–Trinajstić information content (AvgIpc) is 2.04. The van der Waals surface area contributed by atoms with Gasteiger partial charge in [0, 0.05) is 0 Å². The Balaban J connectivity index is 2.89. The Morgan fingerprint density at radius 2 is 2.33 bits per heavy atom. The van der Waals surface area contributed by atoms with Gasteiger partial charge in [-0.15, -0.1) is 0 Å². The van der Waals surface area contributed by atoms with Crippen LogP contribution in [0.2, 0.25) is 0 Å². The molecule has 0 aromatic carbocycles. The first-order valence-corrected chi connectivity index (χ1v) is 3.55. The van der Waals surface area contributed by atoms with Crippen molar-refractivity contribution < 1.29 is 9.90 Å². The lowest BCUT2D eigenvalue weighted by Gasteiger charge is -2.04. The van der Waals surface area contributed by atoms with Gasteiger partial charge >= 0.3 is 5.97 Å². The molecular weight excluding hydrogens is 156 g/mol. The quantitative estimate of drug-likeness (QED) is 0.682. The molecule has 0 saturated carbocycles. The van der Waals surface area contributed by atoms with E-state index in [1.165, 1.54) is 6.20 Å². The molecule has 0 amide bonds. The number of rotatable bonds is 2. The molecule has 0 aliphatic heterocycles. The summed E-state index contributed by atoms with van der Waals surface area (Å²) in [5.74, 6) is -1.46. The summed E-state index contributed by atoms with van der Waals surface area (Å²) in [6.45, 7) is 1.58. The number of carbonyl (C=O) groups is 1. The highest BCUT2D eigenvalue weighted by atomic mass is 16.4. The van der Waals surface area contributed by atoms with Crippen LogP contribution in [0.1, 0.15) is 18.5 Å². The number of carboxylic acid groups (broad SMARTS) is 1. The Kier molecular flexibility index (Phi) is 2.28. The minimum absolute atomic E-state index is 0.525. The van der Waals surface area contributed by atoms with Gasteiger partial charge in [-0.1, -0.05) is 0 Å². The Morgan fingerprint density at radius 1 is 1.67 bits per heavy atom. The van der Waals surface area contributed by atoms with E-state index in [9.17, 15) is 4.79 Å². The second-order valence-corrected chi connectivity index (χ2v) is 2.58. The van der Waals surface area contributed by atoms with Gasteiger partial charge in [0.05, 0.1) is 23.5 Å². The summed E-state index contributed by atoms with van der Waals surface area (Å²) in [6, 6.07) is 3.26. The molecule has 4 nitrogen and oxygen atoms in total. The summed E-state index contributed by atoms with van der Waals surface area (Å²) in [7, 11) is 0. The number of anilines is 1. The van der Waals surface area contributed by atoms with E-state index < -0.39 is 11.9 Å². The Bertz CT molecular complexity index is 282. The standard InChI is InChI=1S/C8H10N2O2/c1-5(8(11)12)7-3-2-6(9)4-10-7/h2-5H,9H2,1H3,(H,11,12). The minimum Gasteiger partial charge on any atom is -0.481 e. The predicted octanol–water partition coefficient (Wildman–Crippen LogP) is 0.852. The molecule has 1 atom stereocenters. The van der Waals surface area contributed by atoms with Crippen molar-refractivity contribution >= 4 is 11.7 Å². The fraction of sp³-hybridized carbons (Fsp3) is 0.250. The van der Waals surface area contributed by atoms with Crippen LogP contribution in [-0.2, 0) is 4.79 Å². The molecule has 0 aliphatic rings. The Labute approximate surface area is 70.0 Å². The second kappa shape index (κ2) is 3.21. The Hall–Kier alpha value is -1.58. The molecule has 0 spiro atoms. The number of nitrogen functional groups attached to an aromatic ring is 1. The van der Waals surface area contributed by atoms with Crippen LogP contribution >= 0.6 is 0 Å². The van der Waals surface area contributed by atoms with E-state index in [0.717, 1.165) is 0 Å². The van der Waals surface area contributed by atoms with E-state index in [0.29, 0.717) is 11.4 Å². The van der Waals surface area contributed by atoms with Crippen molar-refractivity contribution in [2.75, 3.05) is 5.73 Å². The molecule has 1 aromatic rings. The molecule has 12 heavy (non-hydrogen) atoms. The maximum Gasteiger partial charge on any atom is 0.312 e. The van der Waals surface area contributed by atoms with E-state index in [1.807, 2.05) is 0 Å². The summed E-state index contributed by atoms with van der Waals surface area (Å²) in [5.41, 5.74) is 6.46. The zero-order valence-corrected chi connectivity index (χ0v) is 6.69. The molecule has 0 aliphatic carbocycles. The van der Waals surface area contributed by atoms with E-state index in [2.05, 4.69) is 4.98 Å². The molecule has 0 fully saturated rings. The lowest BCUT2D eigenvalue weighted by molar-refractivity contribution is -0.138. The predicted molar refractivity (Wildman–Crippen MR) is 44.7 cm³/mol. The Morgan fingerprint density at radius 3 is 2.75 bits per heavy atom. The van der Waals surface area contributed by atoms with Crippen LogP contribution < -0.4 is 5.73 Å². The molecule has 0 radical (unpaired) electrons. The van der Waals surface area contributed by atoms with Gasteiger partial charge in [-0.3, -0.25) is 9.78 Å². The first kappa shape index (κ1) is 8.52. The van der Waals surface area contributed by atoms with E-state index in [-0.39, 0.29) is 0 Å². The van der Waals surface area contributed by atoms with Gasteiger partial charge < -0.3 is 10.8 Å². The van der Waals surface area contributed by atoms with Crippen LogP contribution in [0.5, 0.6) is 0 Å². The summed E-state index contributed by atoms with van der Waals surface area (Å²) in [6.07, 6.45) is 1.45. The zero-order chi connectivity index (χ0) is 9.14. The minimum atomic E-state index is -0.882. The van der Waals surface area contributed by atoms with E-state index in [1.54, 1.807) is 19.1 Å². The van der Waals surface area contributed by atoms with Crippen molar-refractivity contribution in [3.63, 3.8) is 0 Å². The maximum atomic E-state index is 10.5. The third kappa shape index (κ3) is 1.72. The molecular formula is C8H10N2O2. The highest BCUT2D eigenvalue weighted by Gasteiger charge is 2.13. The number of hydrogen-bond acceptors (Lipinski definition) is 3. The normalized spacial score (nSPS) is 12.4. The van der Waals surface area contributed by atoms with Gasteiger partial charge in [0.1, 0.15) is 0 Å². The van der Waals surface area contributed by atoms with E-state index >= 15 is 0 Å². The highest BCUT2D eigenvalue weighted by Crippen LogP contribution is 2.12. The van der Waals surface area contributed by atoms with Crippen molar-refractivity contribution in [3.05, 3.63) is 24.0 Å². The summed E-state index contributed by atoms with van der Waals surface area (Å²) < 4.78 is 0. The van der Waals surface area contributed by atoms with Crippen molar-refractivity contribution in [2.45, 2.75) is 12.8 Å². The van der Waals surface area contributed by atoms with Crippen molar-refractivity contribution in [1.82, 2.24) is 4.98 Å². The van der Waals surface area contributed by atoms with Crippen molar-refractivity contribution in [1.29, 1.82) is 0 Å². The number of nitrogens with zero attached hydrogens (tertiary/aromatic N) is 1. The van der Waals surface area contributed by atoms with Crippen molar-refractivity contribution in [2.24, 2.45) is 0 Å². The first-order valence-electron chi connectivity index (χ1n) is 3.55. The summed E-state index contributed by atoms with van der Waals surface area (Å²) in [4.78, 5) is 14.4. The largest absolute Gasteiger partial charge is 0.481 e. The van der Waals surface area contributed by atoms with Gasteiger partial charge in [0.2, 0.25) is 0 Å². The van der Waals surface area contributed by atoms with Crippen LogP contribution in [0, 0.1) is 0 Å². The zero-order valence-electron chi connectivity index (χ0n) is 6.69. The van der Waals surface area contributed by atoms with Crippen molar-refractivity contribution in [3.8, 4) is 0 Å². The molecule has 64 valence electrons. The van der Waals surface area contributed by atoms with Gasteiger partial charge in [0.15, 0.2) is 0 Å². The summed E-state index contributed by atoms with van der Waals surface area (Å²) in [5, 5.41) is 8.63. The third-order valence-electron chi connectivity index (χ3n) is 1.62. The average molecular weight is 166 g/mol. The lowest BCUT2D eigenvalue weighted by Crippen LogP contribution is -2.09. The number of pyridine rings is 1. The van der Waals surface area contributed by atoms with Crippen LogP contribution in [-0.4, -0.2) is 16.1 Å². The van der Waals surface area contributed by atoms with Crippen LogP contribution in [0.15, 0.2) is 18.3 Å². The number of aliphatic carboxylic acids is 1. The molecule has 1 heterocycles. The maximum absolute atomic E-state index is 10.5. The monoisotopic (exact) mass is 166 g/mol. The molecule has 3 N–H and O–H groups in total. The van der Waals surface area contributed by atoms with E-state index in [4.69, 9.17) is 10.8 Å². The second-order valence-electron chi connectivity index (χ2n) is 2.58. The van der Waals surface area contributed by atoms with Crippen LogP contribution in [0.25, 0.3) is 0 Å². The fourth-order valence-electron chi connectivity index (χ4n) is 0.799. The van der Waals surface area contributed by atoms with Gasteiger partial charge in [-0.25, -0.2) is 0 Å². The molecule has 4 heteroatoms. The van der Waals surface area contributed by atoms with Gasteiger partial charge in [-0.05, 0) is 19.1 Å². The van der Waals surface area contributed by atoms with Crippen LogP contribution in [0.3, 0.4) is 0 Å². The highest BCUT2D eigenvalue weighted by molar-refractivity contribution is 5.74. The smallest absolute Gasteiger partial charge is 0.312 e. The fourth-order valence-corrected chi connectivity index (χ4v) is 0.799. The molecule has 1 unspecified atom stereocenters. The molecule has 0 bridgehead atoms. The van der Waals surface area contributed by atoms with Crippen LogP contribution in [0.4, 0.5) is 5.69 Å². The number of aromatic nitrogens is 1. The van der Waals surface area contributed by atoms with Gasteiger partial charge in [0.25, 0.3) is 0 Å². The summed E-state index contributed by atoms with van der Waals surface area (Å²) >= 11 is 0.